The van der Waals surface area contributed by atoms with Crippen LogP contribution in [-0.4, -0.2) is 20.1 Å². The van der Waals surface area contributed by atoms with Gasteiger partial charge < -0.3 is 14.8 Å². The average molecular weight is 318 g/mol. The second-order valence-corrected chi connectivity index (χ2v) is 4.87. The fraction of sp³-hybridized carbons (Fsp3) is 0.118. The normalized spacial score (nSPS) is 10.5. The van der Waals surface area contributed by atoms with Crippen LogP contribution in [0.2, 0.25) is 5.02 Å². The lowest BCUT2D eigenvalue weighted by molar-refractivity contribution is -0.111. The molecule has 1 amide bonds. The first-order valence-electron chi connectivity index (χ1n) is 6.59. The second kappa shape index (κ2) is 7.52. The summed E-state index contributed by atoms with van der Waals surface area (Å²) in [5.74, 6) is 1.09. The van der Waals surface area contributed by atoms with Crippen molar-refractivity contribution in [1.82, 2.24) is 0 Å². The van der Waals surface area contributed by atoms with Gasteiger partial charge in [-0.1, -0.05) is 11.6 Å². The minimum Gasteiger partial charge on any atom is -0.497 e. The van der Waals surface area contributed by atoms with E-state index in [-0.39, 0.29) is 5.91 Å². The molecule has 0 aliphatic carbocycles. The lowest BCUT2D eigenvalue weighted by atomic mass is 10.1. The molecule has 5 heteroatoms. The van der Waals surface area contributed by atoms with Gasteiger partial charge in [0.25, 0.3) is 0 Å². The molecule has 0 saturated carbocycles. The Hall–Kier alpha value is -2.46. The Morgan fingerprint density at radius 2 is 1.82 bits per heavy atom. The van der Waals surface area contributed by atoms with Gasteiger partial charge in [0.1, 0.15) is 11.5 Å². The summed E-state index contributed by atoms with van der Waals surface area (Å²) < 4.78 is 10.4. The van der Waals surface area contributed by atoms with E-state index in [4.69, 9.17) is 21.1 Å². The van der Waals surface area contributed by atoms with E-state index >= 15 is 0 Å². The summed E-state index contributed by atoms with van der Waals surface area (Å²) in [5, 5.41) is 3.37. The number of rotatable bonds is 5. The molecule has 0 aromatic heterocycles. The number of hydrogen-bond acceptors (Lipinski definition) is 3. The van der Waals surface area contributed by atoms with E-state index in [9.17, 15) is 4.79 Å². The van der Waals surface area contributed by atoms with Gasteiger partial charge in [-0.3, -0.25) is 4.79 Å². The highest BCUT2D eigenvalue weighted by Gasteiger charge is 2.03. The SMILES string of the molecule is COc1ccc(/C=C/C(=O)Nc2ccc(Cl)cc2)c(OC)c1. The molecule has 4 nitrogen and oxygen atoms in total. The second-order valence-electron chi connectivity index (χ2n) is 4.44. The smallest absolute Gasteiger partial charge is 0.248 e. The molecule has 1 N–H and O–H groups in total. The van der Waals surface area contributed by atoms with Crippen molar-refractivity contribution >= 4 is 29.3 Å². The Bertz CT molecular complexity index is 681. The number of amides is 1. The van der Waals surface area contributed by atoms with Crippen LogP contribution >= 0.6 is 11.6 Å². The van der Waals surface area contributed by atoms with Gasteiger partial charge in [-0.05, 0) is 42.5 Å². The number of anilines is 1. The zero-order valence-electron chi connectivity index (χ0n) is 12.3. The Morgan fingerprint density at radius 1 is 1.09 bits per heavy atom. The third-order valence-electron chi connectivity index (χ3n) is 2.97. The predicted octanol–water partition coefficient (Wildman–Crippen LogP) is 4.01. The maximum absolute atomic E-state index is 11.9. The molecule has 0 bridgehead atoms. The molecule has 2 aromatic carbocycles. The van der Waals surface area contributed by atoms with E-state index in [0.717, 1.165) is 5.56 Å². The standard InChI is InChI=1S/C17H16ClNO3/c1-21-15-9-3-12(16(11-15)22-2)4-10-17(20)19-14-7-5-13(18)6-8-14/h3-11H,1-2H3,(H,19,20)/b10-4+. The van der Waals surface area contributed by atoms with Gasteiger partial charge >= 0.3 is 0 Å². The predicted molar refractivity (Wildman–Crippen MR) is 88.7 cm³/mol. The van der Waals surface area contributed by atoms with Crippen LogP contribution in [0.25, 0.3) is 6.08 Å². The lowest BCUT2D eigenvalue weighted by Crippen LogP contribution is -2.07. The van der Waals surface area contributed by atoms with Crippen LogP contribution in [0.5, 0.6) is 11.5 Å². The minimum absolute atomic E-state index is 0.236. The number of methoxy groups -OCH3 is 2. The average Bonchev–Trinajstić information content (AvgIpc) is 2.55. The zero-order chi connectivity index (χ0) is 15.9. The van der Waals surface area contributed by atoms with Gasteiger partial charge in [-0.2, -0.15) is 0 Å². The number of ether oxygens (including phenoxy) is 2. The number of carbonyl (C=O) groups is 1. The van der Waals surface area contributed by atoms with Gasteiger partial charge in [0.15, 0.2) is 0 Å². The summed E-state index contributed by atoms with van der Waals surface area (Å²) in [6.45, 7) is 0. The molecule has 0 fully saturated rings. The third-order valence-corrected chi connectivity index (χ3v) is 3.22. The number of benzene rings is 2. The minimum atomic E-state index is -0.236. The molecule has 0 aliphatic rings. The fourth-order valence-corrected chi connectivity index (χ4v) is 1.96. The molecule has 0 heterocycles. The fourth-order valence-electron chi connectivity index (χ4n) is 1.84. The molecule has 0 saturated heterocycles. The van der Waals surface area contributed by atoms with Crippen molar-refractivity contribution in [3.8, 4) is 11.5 Å². The Labute approximate surface area is 134 Å². The van der Waals surface area contributed by atoms with Crippen LogP contribution in [-0.2, 0) is 4.79 Å². The Balaban J connectivity index is 2.07. The van der Waals surface area contributed by atoms with Crippen molar-refractivity contribution in [1.29, 1.82) is 0 Å². The van der Waals surface area contributed by atoms with Crippen LogP contribution in [0.4, 0.5) is 5.69 Å². The molecular formula is C17H16ClNO3. The van der Waals surface area contributed by atoms with E-state index in [1.165, 1.54) is 6.08 Å². The van der Waals surface area contributed by atoms with Gasteiger partial charge in [0.05, 0.1) is 14.2 Å². The molecule has 0 radical (unpaired) electrons. The van der Waals surface area contributed by atoms with Crippen LogP contribution in [0, 0.1) is 0 Å². The highest BCUT2D eigenvalue weighted by Crippen LogP contribution is 2.25. The summed E-state index contributed by atoms with van der Waals surface area (Å²) in [5.41, 5.74) is 1.47. The third kappa shape index (κ3) is 4.27. The quantitative estimate of drug-likeness (QED) is 0.848. The maximum Gasteiger partial charge on any atom is 0.248 e. The van der Waals surface area contributed by atoms with Crippen molar-refractivity contribution in [2.75, 3.05) is 19.5 Å². The van der Waals surface area contributed by atoms with Crippen molar-refractivity contribution in [2.45, 2.75) is 0 Å². The van der Waals surface area contributed by atoms with E-state index in [1.54, 1.807) is 56.7 Å². The van der Waals surface area contributed by atoms with Gasteiger partial charge in [0.2, 0.25) is 5.91 Å². The molecule has 0 unspecified atom stereocenters. The highest BCUT2D eigenvalue weighted by atomic mass is 35.5. The van der Waals surface area contributed by atoms with Crippen LogP contribution in [0.1, 0.15) is 5.56 Å². The molecule has 0 aliphatic heterocycles. The number of carbonyl (C=O) groups excluding carboxylic acids is 1. The largest absolute Gasteiger partial charge is 0.497 e. The van der Waals surface area contributed by atoms with E-state index < -0.39 is 0 Å². The number of nitrogens with one attached hydrogen (secondary N) is 1. The molecule has 22 heavy (non-hydrogen) atoms. The molecule has 0 spiro atoms. The van der Waals surface area contributed by atoms with E-state index in [2.05, 4.69) is 5.32 Å². The first-order chi connectivity index (χ1) is 10.6. The highest BCUT2D eigenvalue weighted by molar-refractivity contribution is 6.30. The monoisotopic (exact) mass is 317 g/mol. The van der Waals surface area contributed by atoms with Crippen molar-refractivity contribution in [3.63, 3.8) is 0 Å². The van der Waals surface area contributed by atoms with Crippen LogP contribution < -0.4 is 14.8 Å². The molecule has 2 aromatic rings. The summed E-state index contributed by atoms with van der Waals surface area (Å²) >= 11 is 5.80. The van der Waals surface area contributed by atoms with Gasteiger partial charge in [0, 0.05) is 28.4 Å². The molecule has 114 valence electrons. The van der Waals surface area contributed by atoms with Gasteiger partial charge in [-0.25, -0.2) is 0 Å². The lowest BCUT2D eigenvalue weighted by Gasteiger charge is -2.07. The van der Waals surface area contributed by atoms with Crippen molar-refractivity contribution < 1.29 is 14.3 Å². The van der Waals surface area contributed by atoms with E-state index in [0.29, 0.717) is 22.2 Å². The molecule has 0 atom stereocenters. The Kier molecular flexibility index (Phi) is 5.44. The maximum atomic E-state index is 11.9. The number of hydrogen-bond donors (Lipinski definition) is 1. The topological polar surface area (TPSA) is 47.6 Å². The van der Waals surface area contributed by atoms with E-state index in [1.807, 2.05) is 6.07 Å². The van der Waals surface area contributed by atoms with Crippen LogP contribution in [0.3, 0.4) is 0 Å². The summed E-state index contributed by atoms with van der Waals surface area (Å²) in [4.78, 5) is 11.9. The van der Waals surface area contributed by atoms with Crippen molar-refractivity contribution in [2.24, 2.45) is 0 Å². The zero-order valence-corrected chi connectivity index (χ0v) is 13.1. The molecular weight excluding hydrogens is 302 g/mol. The summed E-state index contributed by atoms with van der Waals surface area (Å²) in [6.07, 6.45) is 3.13. The van der Waals surface area contributed by atoms with Crippen LogP contribution in [0.15, 0.2) is 48.5 Å². The molecule has 2 rings (SSSR count). The first-order valence-corrected chi connectivity index (χ1v) is 6.97. The number of halogens is 1. The summed E-state index contributed by atoms with van der Waals surface area (Å²) in [6, 6.07) is 12.3. The first kappa shape index (κ1) is 15.9. The summed E-state index contributed by atoms with van der Waals surface area (Å²) in [7, 11) is 3.16. The van der Waals surface area contributed by atoms with Gasteiger partial charge in [-0.15, -0.1) is 0 Å². The Morgan fingerprint density at radius 3 is 2.45 bits per heavy atom. The van der Waals surface area contributed by atoms with Crippen molar-refractivity contribution in [3.05, 3.63) is 59.1 Å².